The van der Waals surface area contributed by atoms with Crippen molar-refractivity contribution in [2.45, 2.75) is 19.3 Å². The first-order chi connectivity index (χ1) is 7.72. The molecule has 0 fully saturated rings. The summed E-state index contributed by atoms with van der Waals surface area (Å²) in [6, 6.07) is 7.61. The predicted molar refractivity (Wildman–Crippen MR) is 61.8 cm³/mol. The Morgan fingerprint density at radius 2 is 2.25 bits per heavy atom. The molecule has 0 atom stereocenters. The molecule has 4 heteroatoms. The highest BCUT2D eigenvalue weighted by molar-refractivity contribution is 5.96. The molecule has 1 heterocycles. The molecule has 0 unspecified atom stereocenters. The zero-order valence-electron chi connectivity index (χ0n) is 8.94. The van der Waals surface area contributed by atoms with E-state index in [4.69, 9.17) is 11.0 Å². The van der Waals surface area contributed by atoms with Crippen LogP contribution in [0.5, 0.6) is 0 Å². The first-order valence-electron chi connectivity index (χ1n) is 5.28. The number of anilines is 2. The van der Waals surface area contributed by atoms with Crippen molar-refractivity contribution in [1.29, 1.82) is 5.26 Å². The van der Waals surface area contributed by atoms with Crippen molar-refractivity contribution in [1.82, 2.24) is 0 Å². The zero-order chi connectivity index (χ0) is 11.5. The zero-order valence-corrected chi connectivity index (χ0v) is 8.94. The molecule has 2 N–H and O–H groups in total. The van der Waals surface area contributed by atoms with Crippen molar-refractivity contribution in [2.24, 2.45) is 0 Å². The van der Waals surface area contributed by atoms with Gasteiger partial charge in [0.15, 0.2) is 0 Å². The first kappa shape index (κ1) is 10.5. The molecule has 0 aromatic heterocycles. The molecule has 1 aromatic rings. The van der Waals surface area contributed by atoms with E-state index in [1.807, 2.05) is 12.1 Å². The summed E-state index contributed by atoms with van der Waals surface area (Å²) in [6.45, 7) is 0.465. The lowest BCUT2D eigenvalue weighted by atomic mass is 10.0. The van der Waals surface area contributed by atoms with Crippen LogP contribution in [0.2, 0.25) is 0 Å². The van der Waals surface area contributed by atoms with Gasteiger partial charge in [-0.15, -0.1) is 0 Å². The number of nitrogen functional groups attached to an aromatic ring is 1. The van der Waals surface area contributed by atoms with Gasteiger partial charge >= 0.3 is 0 Å². The fourth-order valence-electron chi connectivity index (χ4n) is 1.99. The number of nitriles is 1. The maximum Gasteiger partial charge on any atom is 0.227 e. The normalized spacial score (nSPS) is 14.4. The summed E-state index contributed by atoms with van der Waals surface area (Å²) >= 11 is 0. The van der Waals surface area contributed by atoms with E-state index < -0.39 is 0 Å². The van der Waals surface area contributed by atoms with Gasteiger partial charge in [0.05, 0.1) is 12.5 Å². The van der Waals surface area contributed by atoms with E-state index in [1.54, 1.807) is 11.0 Å². The van der Waals surface area contributed by atoms with Crippen molar-refractivity contribution in [2.75, 3.05) is 17.2 Å². The lowest BCUT2D eigenvalue weighted by Crippen LogP contribution is -2.35. The third-order valence-electron chi connectivity index (χ3n) is 2.75. The van der Waals surface area contributed by atoms with Gasteiger partial charge in [-0.25, -0.2) is 0 Å². The van der Waals surface area contributed by atoms with Crippen LogP contribution >= 0.6 is 0 Å². The highest BCUT2D eigenvalue weighted by atomic mass is 16.2. The second-order valence-corrected chi connectivity index (χ2v) is 3.84. The van der Waals surface area contributed by atoms with Crippen LogP contribution in [0.3, 0.4) is 0 Å². The number of hydrogen-bond donors (Lipinski definition) is 1. The van der Waals surface area contributed by atoms with E-state index in [1.165, 1.54) is 0 Å². The molecule has 1 aromatic carbocycles. The van der Waals surface area contributed by atoms with E-state index in [2.05, 4.69) is 6.07 Å². The van der Waals surface area contributed by atoms with Gasteiger partial charge in [0, 0.05) is 24.3 Å². The maximum absolute atomic E-state index is 11.7. The van der Waals surface area contributed by atoms with Gasteiger partial charge in [0.1, 0.15) is 0 Å². The number of aryl methyl sites for hydroxylation is 1. The number of rotatable bonds is 2. The number of carbonyl (C=O) groups excluding carboxylic acids is 1. The SMILES string of the molecule is N#CCCN1C(=O)CCc2cc(N)ccc21. The Balaban J connectivity index is 2.33. The molecule has 1 aliphatic rings. The van der Waals surface area contributed by atoms with Crippen LogP contribution in [0.4, 0.5) is 11.4 Å². The molecule has 0 radical (unpaired) electrons. The van der Waals surface area contributed by atoms with Crippen LogP contribution in [0.1, 0.15) is 18.4 Å². The highest BCUT2D eigenvalue weighted by Gasteiger charge is 2.23. The highest BCUT2D eigenvalue weighted by Crippen LogP contribution is 2.29. The Hall–Kier alpha value is -2.02. The third kappa shape index (κ3) is 1.84. The molecule has 0 spiro atoms. The third-order valence-corrected chi connectivity index (χ3v) is 2.75. The summed E-state index contributed by atoms with van der Waals surface area (Å²) in [4.78, 5) is 13.4. The molecule has 0 bridgehead atoms. The van der Waals surface area contributed by atoms with Gasteiger partial charge < -0.3 is 10.6 Å². The van der Waals surface area contributed by atoms with Crippen molar-refractivity contribution < 1.29 is 4.79 Å². The molecule has 0 saturated carbocycles. The van der Waals surface area contributed by atoms with Crippen molar-refractivity contribution in [3.8, 4) is 6.07 Å². The van der Waals surface area contributed by atoms with E-state index in [9.17, 15) is 4.79 Å². The molecule has 82 valence electrons. The predicted octanol–water partition coefficient (Wildman–Crippen LogP) is 1.46. The topological polar surface area (TPSA) is 70.1 Å². The van der Waals surface area contributed by atoms with Gasteiger partial charge in [-0.05, 0) is 30.2 Å². The Bertz CT molecular complexity index is 462. The Morgan fingerprint density at radius 1 is 1.44 bits per heavy atom. The van der Waals surface area contributed by atoms with Gasteiger partial charge in [-0.3, -0.25) is 4.79 Å². The summed E-state index contributed by atoms with van der Waals surface area (Å²) in [7, 11) is 0. The second-order valence-electron chi connectivity index (χ2n) is 3.84. The number of hydrogen-bond acceptors (Lipinski definition) is 3. The second kappa shape index (κ2) is 4.23. The Labute approximate surface area is 94.3 Å². The average molecular weight is 215 g/mol. The number of nitrogens with zero attached hydrogens (tertiary/aromatic N) is 2. The Kier molecular flexibility index (Phi) is 2.78. The van der Waals surface area contributed by atoms with Crippen LogP contribution < -0.4 is 10.6 Å². The minimum absolute atomic E-state index is 0.0903. The van der Waals surface area contributed by atoms with Crippen molar-refractivity contribution in [3.63, 3.8) is 0 Å². The van der Waals surface area contributed by atoms with Gasteiger partial charge in [-0.1, -0.05) is 0 Å². The van der Waals surface area contributed by atoms with Crippen LogP contribution in [-0.4, -0.2) is 12.5 Å². The molecular formula is C12H13N3O. The summed E-state index contributed by atoms with van der Waals surface area (Å²) in [6.07, 6.45) is 1.60. The lowest BCUT2D eigenvalue weighted by molar-refractivity contribution is -0.118. The monoisotopic (exact) mass is 215 g/mol. The molecule has 1 amide bonds. The quantitative estimate of drug-likeness (QED) is 0.759. The summed E-state index contributed by atoms with van der Waals surface area (Å²) < 4.78 is 0. The van der Waals surface area contributed by atoms with Gasteiger partial charge in [0.25, 0.3) is 0 Å². The smallest absolute Gasteiger partial charge is 0.227 e. The number of amides is 1. The molecule has 0 saturated heterocycles. The summed E-state index contributed by atoms with van der Waals surface area (Å²) in [5.41, 5.74) is 8.42. The molecule has 2 rings (SSSR count). The number of benzene rings is 1. The van der Waals surface area contributed by atoms with E-state index >= 15 is 0 Å². The van der Waals surface area contributed by atoms with Crippen LogP contribution in [-0.2, 0) is 11.2 Å². The number of nitrogens with two attached hydrogens (primary N) is 1. The molecule has 4 nitrogen and oxygen atoms in total. The first-order valence-corrected chi connectivity index (χ1v) is 5.28. The average Bonchev–Trinajstić information content (AvgIpc) is 2.28. The fraction of sp³-hybridized carbons (Fsp3) is 0.333. The Morgan fingerprint density at radius 3 is 3.00 bits per heavy atom. The largest absolute Gasteiger partial charge is 0.399 e. The minimum atomic E-state index is 0.0903. The molecule has 16 heavy (non-hydrogen) atoms. The van der Waals surface area contributed by atoms with E-state index in [0.29, 0.717) is 25.1 Å². The summed E-state index contributed by atoms with van der Waals surface area (Å²) in [5.74, 6) is 0.0903. The number of carbonyl (C=O) groups is 1. The van der Waals surface area contributed by atoms with Crippen LogP contribution in [0.15, 0.2) is 18.2 Å². The van der Waals surface area contributed by atoms with Gasteiger partial charge in [0.2, 0.25) is 5.91 Å². The molecular weight excluding hydrogens is 202 g/mol. The minimum Gasteiger partial charge on any atom is -0.399 e. The fourth-order valence-corrected chi connectivity index (χ4v) is 1.99. The molecule has 1 aliphatic heterocycles. The lowest BCUT2D eigenvalue weighted by Gasteiger charge is -2.28. The van der Waals surface area contributed by atoms with Crippen LogP contribution in [0, 0.1) is 11.3 Å². The van der Waals surface area contributed by atoms with Crippen molar-refractivity contribution >= 4 is 17.3 Å². The van der Waals surface area contributed by atoms with Crippen LogP contribution in [0.25, 0.3) is 0 Å². The number of fused-ring (bicyclic) bond motifs is 1. The maximum atomic E-state index is 11.7. The standard InChI is InChI=1S/C12H13N3O/c13-6-1-7-15-11-4-3-10(14)8-9(11)2-5-12(15)16/h3-4,8H,1-2,5,7,14H2. The van der Waals surface area contributed by atoms with E-state index in [0.717, 1.165) is 17.7 Å². The van der Waals surface area contributed by atoms with Gasteiger partial charge in [-0.2, -0.15) is 5.26 Å². The van der Waals surface area contributed by atoms with Crippen molar-refractivity contribution in [3.05, 3.63) is 23.8 Å². The molecule has 0 aliphatic carbocycles. The summed E-state index contributed by atoms with van der Waals surface area (Å²) in [5, 5.41) is 8.57. The van der Waals surface area contributed by atoms with E-state index in [-0.39, 0.29) is 5.91 Å².